The van der Waals surface area contributed by atoms with Crippen molar-refractivity contribution < 1.29 is 38.6 Å². The van der Waals surface area contributed by atoms with E-state index in [-0.39, 0.29) is 62.1 Å². The number of esters is 1. The molecule has 5 atom stereocenters. The fraction of sp³-hybridized carbons (Fsp3) is 0.742. The zero-order chi connectivity index (χ0) is 33.5. The van der Waals surface area contributed by atoms with Gasteiger partial charge in [-0.25, -0.2) is 4.98 Å². The summed E-state index contributed by atoms with van der Waals surface area (Å²) in [5.74, 6) is -3.10. The number of ether oxygens (including phenoxy) is 2. The first-order chi connectivity index (χ1) is 21.4. The second kappa shape index (κ2) is 19.4. The van der Waals surface area contributed by atoms with Gasteiger partial charge in [0.1, 0.15) is 23.5 Å². The van der Waals surface area contributed by atoms with E-state index in [0.717, 1.165) is 43.6 Å². The number of hydrogen-bond acceptors (Lipinski definition) is 10. The number of rotatable bonds is 19. The third kappa shape index (κ3) is 12.3. The van der Waals surface area contributed by atoms with Crippen LogP contribution in [0.3, 0.4) is 0 Å². The Morgan fingerprint density at radius 3 is 2.53 bits per heavy atom. The lowest BCUT2D eigenvalue weighted by molar-refractivity contribution is -0.149. The molecule has 4 unspecified atom stereocenters. The van der Waals surface area contributed by atoms with Crippen molar-refractivity contribution in [2.75, 3.05) is 40.0 Å². The summed E-state index contributed by atoms with van der Waals surface area (Å²) in [7, 11) is 1.93. The molecule has 1 aliphatic rings. The monoisotopic (exact) mass is 653 g/mol. The summed E-state index contributed by atoms with van der Waals surface area (Å²) in [5, 5.41) is 16.7. The van der Waals surface area contributed by atoms with Gasteiger partial charge in [0.25, 0.3) is 5.91 Å². The number of aromatic nitrogens is 1. The highest BCUT2D eigenvalue weighted by Gasteiger charge is 2.34. The predicted octanol–water partition coefficient (Wildman–Crippen LogP) is 3.21. The van der Waals surface area contributed by atoms with Crippen molar-refractivity contribution in [1.82, 2.24) is 25.4 Å². The van der Waals surface area contributed by atoms with Gasteiger partial charge in [-0.3, -0.25) is 28.9 Å². The number of carboxylic acids is 1. The number of carbonyl (C=O) groups excluding carboxylic acids is 4. The maximum absolute atomic E-state index is 14.0. The maximum Gasteiger partial charge on any atom is 0.306 e. The fourth-order valence-corrected chi connectivity index (χ4v) is 5.82. The molecule has 1 saturated heterocycles. The number of aliphatic carboxylic acids is 1. The smallest absolute Gasteiger partial charge is 0.306 e. The topological polar surface area (TPSA) is 167 Å². The molecule has 14 heteroatoms. The lowest BCUT2D eigenvalue weighted by atomic mass is 9.96. The third-order valence-electron chi connectivity index (χ3n) is 8.04. The first-order valence-corrected chi connectivity index (χ1v) is 16.8. The standard InChI is InChI=1S/C31H51N5O8S/c1-7-17-43-19-36(30(40)26(20(3)8-2)34-28(39)24-11-9-10-15-35(24)6)16-13-25(44-22(5)37)29-33-23(18-45-29)27(38)32-14-12-21(4)31(41)42/h18,20-21,24-26H,7-17,19H2,1-6H3,(H,32,38)(H,34,39)(H,41,42)/t20?,21?,24?,25-,26?/m1/s1. The molecular weight excluding hydrogens is 602 g/mol. The highest BCUT2D eigenvalue weighted by atomic mass is 32.1. The number of hydrogen-bond donors (Lipinski definition) is 3. The number of nitrogens with zero attached hydrogens (tertiary/aromatic N) is 3. The molecule has 13 nitrogen and oxygen atoms in total. The fourth-order valence-electron chi connectivity index (χ4n) is 4.96. The van der Waals surface area contributed by atoms with Gasteiger partial charge in [-0.15, -0.1) is 11.3 Å². The molecule has 0 bridgehead atoms. The van der Waals surface area contributed by atoms with Crippen molar-refractivity contribution in [3.8, 4) is 0 Å². The molecule has 0 spiro atoms. The van der Waals surface area contributed by atoms with Crippen LogP contribution in [0, 0.1) is 11.8 Å². The van der Waals surface area contributed by atoms with Gasteiger partial charge in [0, 0.05) is 38.4 Å². The summed E-state index contributed by atoms with van der Waals surface area (Å²) < 4.78 is 11.3. The van der Waals surface area contributed by atoms with Gasteiger partial charge in [0.05, 0.1) is 12.0 Å². The van der Waals surface area contributed by atoms with Crippen LogP contribution in [0.5, 0.6) is 0 Å². The molecule has 45 heavy (non-hydrogen) atoms. The SMILES string of the molecule is CCCOCN(CC[C@@H](OC(C)=O)c1nc(C(=O)NCCC(C)C(=O)O)cs1)C(=O)C(NC(=O)C1CCCCN1C)C(C)CC. The Morgan fingerprint density at radius 2 is 1.91 bits per heavy atom. The van der Waals surface area contributed by atoms with E-state index in [1.807, 2.05) is 32.7 Å². The largest absolute Gasteiger partial charge is 0.481 e. The van der Waals surface area contributed by atoms with Gasteiger partial charge in [-0.1, -0.05) is 40.5 Å². The maximum atomic E-state index is 14.0. The first kappa shape index (κ1) is 38.1. The van der Waals surface area contributed by atoms with Crippen molar-refractivity contribution in [2.24, 2.45) is 11.8 Å². The Morgan fingerprint density at radius 1 is 1.18 bits per heavy atom. The number of carbonyl (C=O) groups is 5. The van der Waals surface area contributed by atoms with E-state index in [9.17, 15) is 24.0 Å². The van der Waals surface area contributed by atoms with Crippen LogP contribution in [0.2, 0.25) is 0 Å². The van der Waals surface area contributed by atoms with E-state index in [2.05, 4.69) is 15.6 Å². The van der Waals surface area contributed by atoms with Gasteiger partial charge in [0.15, 0.2) is 6.10 Å². The molecule has 1 aromatic rings. The summed E-state index contributed by atoms with van der Waals surface area (Å²) in [6.07, 6.45) is 3.82. The van der Waals surface area contributed by atoms with Crippen LogP contribution in [0.4, 0.5) is 0 Å². The third-order valence-corrected chi connectivity index (χ3v) is 8.98. The van der Waals surface area contributed by atoms with Crippen molar-refractivity contribution >= 4 is 41.0 Å². The van der Waals surface area contributed by atoms with Crippen molar-refractivity contribution in [1.29, 1.82) is 0 Å². The van der Waals surface area contributed by atoms with Crippen molar-refractivity contribution in [3.05, 3.63) is 16.1 Å². The van der Waals surface area contributed by atoms with E-state index < -0.39 is 35.9 Å². The number of likely N-dealkylation sites (N-methyl/N-ethyl adjacent to an activating group) is 1. The zero-order valence-electron chi connectivity index (χ0n) is 27.5. The molecule has 2 rings (SSSR count). The average Bonchev–Trinajstić information content (AvgIpc) is 3.50. The number of piperidine rings is 1. The lowest BCUT2D eigenvalue weighted by Crippen LogP contribution is -2.57. The van der Waals surface area contributed by atoms with Crippen LogP contribution < -0.4 is 10.6 Å². The molecule has 0 aromatic carbocycles. The summed E-state index contributed by atoms with van der Waals surface area (Å²) in [6, 6.07) is -1.04. The first-order valence-electron chi connectivity index (χ1n) is 15.9. The van der Waals surface area contributed by atoms with Crippen LogP contribution in [0.1, 0.15) is 101 Å². The molecule has 1 aromatic heterocycles. The van der Waals surface area contributed by atoms with Gasteiger partial charge in [-0.05, 0) is 45.2 Å². The molecular formula is C31H51N5O8S. The van der Waals surface area contributed by atoms with Crippen LogP contribution in [-0.4, -0.2) is 102 Å². The number of nitrogens with one attached hydrogen (secondary N) is 2. The van der Waals surface area contributed by atoms with E-state index >= 15 is 0 Å². The minimum atomic E-state index is -0.938. The van der Waals surface area contributed by atoms with E-state index in [0.29, 0.717) is 18.0 Å². The lowest BCUT2D eigenvalue weighted by Gasteiger charge is -2.35. The number of carboxylic acid groups (broad SMARTS) is 1. The second-order valence-corrected chi connectivity index (χ2v) is 12.6. The van der Waals surface area contributed by atoms with Gasteiger partial charge < -0.3 is 30.1 Å². The molecule has 0 saturated carbocycles. The molecule has 0 radical (unpaired) electrons. The Bertz CT molecular complexity index is 1130. The molecule has 1 aliphatic heterocycles. The quantitative estimate of drug-likeness (QED) is 0.115. The van der Waals surface area contributed by atoms with E-state index in [4.69, 9.17) is 14.6 Å². The molecule has 254 valence electrons. The van der Waals surface area contributed by atoms with Crippen molar-refractivity contribution in [2.45, 2.75) is 97.8 Å². The Kier molecular flexibility index (Phi) is 16.4. The van der Waals surface area contributed by atoms with Crippen LogP contribution in [-0.2, 0) is 28.7 Å². The minimum absolute atomic E-state index is 0.00584. The molecule has 1 fully saturated rings. The average molecular weight is 654 g/mol. The second-order valence-electron chi connectivity index (χ2n) is 11.7. The molecule has 0 aliphatic carbocycles. The minimum Gasteiger partial charge on any atom is -0.481 e. The van der Waals surface area contributed by atoms with Gasteiger partial charge in [0.2, 0.25) is 11.8 Å². The normalized spacial score (nSPS) is 17.9. The van der Waals surface area contributed by atoms with Crippen LogP contribution in [0.15, 0.2) is 5.38 Å². The van der Waals surface area contributed by atoms with E-state index in [1.165, 1.54) is 6.92 Å². The molecule has 3 N–H and O–H groups in total. The Balaban J connectivity index is 2.19. The summed E-state index contributed by atoms with van der Waals surface area (Å²) in [4.78, 5) is 70.9. The highest BCUT2D eigenvalue weighted by molar-refractivity contribution is 7.09. The number of likely N-dealkylation sites (tertiary alicyclic amines) is 1. The number of amides is 3. The summed E-state index contributed by atoms with van der Waals surface area (Å²) >= 11 is 1.15. The highest BCUT2D eigenvalue weighted by Crippen LogP contribution is 2.26. The van der Waals surface area contributed by atoms with Gasteiger partial charge >= 0.3 is 11.9 Å². The molecule has 2 heterocycles. The molecule has 3 amide bonds. The summed E-state index contributed by atoms with van der Waals surface area (Å²) in [6.45, 7) is 10.3. The number of thiazole rings is 1. The van der Waals surface area contributed by atoms with Crippen molar-refractivity contribution in [3.63, 3.8) is 0 Å². The zero-order valence-corrected chi connectivity index (χ0v) is 28.3. The van der Waals surface area contributed by atoms with Gasteiger partial charge in [-0.2, -0.15) is 0 Å². The van der Waals surface area contributed by atoms with E-state index in [1.54, 1.807) is 17.2 Å². The van der Waals surface area contributed by atoms with Crippen LogP contribution >= 0.6 is 11.3 Å². The van der Waals surface area contributed by atoms with Crippen LogP contribution in [0.25, 0.3) is 0 Å². The Labute approximate surface area is 270 Å². The summed E-state index contributed by atoms with van der Waals surface area (Å²) in [5.41, 5.74) is 0.126. The Hall–Kier alpha value is -3.10. The predicted molar refractivity (Wildman–Crippen MR) is 169 cm³/mol.